The van der Waals surface area contributed by atoms with E-state index >= 15 is 0 Å². The number of nitrogens with one attached hydrogen (secondary N) is 2. The van der Waals surface area contributed by atoms with Crippen LogP contribution in [0.5, 0.6) is 0 Å². The van der Waals surface area contributed by atoms with Crippen LogP contribution >= 0.6 is 0 Å². The highest BCUT2D eigenvalue weighted by molar-refractivity contribution is 5.97. The third-order valence-corrected chi connectivity index (χ3v) is 4.77. The number of hydrogen-bond donors (Lipinski definition) is 2. The van der Waals surface area contributed by atoms with Crippen LogP contribution in [-0.2, 0) is 6.42 Å². The number of anilines is 1. The van der Waals surface area contributed by atoms with Crippen LogP contribution in [0.3, 0.4) is 0 Å². The Morgan fingerprint density at radius 1 is 1.07 bits per heavy atom. The fraction of sp³-hybridized carbons (Fsp3) is 0.364. The molecule has 1 atom stereocenters. The van der Waals surface area contributed by atoms with Crippen molar-refractivity contribution in [3.63, 3.8) is 0 Å². The number of carbonyl (C=O) groups excluding carboxylic acids is 2. The average Bonchev–Trinajstić information content (AvgIpc) is 3.08. The topological polar surface area (TPSA) is 61.4 Å². The van der Waals surface area contributed by atoms with Crippen LogP contribution < -0.4 is 15.5 Å². The summed E-state index contributed by atoms with van der Waals surface area (Å²) in [5.41, 5.74) is 3.78. The molecule has 5 heteroatoms. The van der Waals surface area contributed by atoms with E-state index in [1.165, 1.54) is 5.56 Å². The van der Waals surface area contributed by atoms with Crippen molar-refractivity contribution in [2.24, 2.45) is 5.92 Å². The Morgan fingerprint density at radius 2 is 1.74 bits per heavy atom. The van der Waals surface area contributed by atoms with Gasteiger partial charge in [-0.15, -0.1) is 0 Å². The largest absolute Gasteiger partial charge is 0.346 e. The van der Waals surface area contributed by atoms with E-state index in [-0.39, 0.29) is 18.0 Å². The smallest absolute Gasteiger partial charge is 0.321 e. The van der Waals surface area contributed by atoms with Crippen LogP contribution in [-0.4, -0.2) is 25.0 Å². The molecular weight excluding hydrogens is 338 g/mol. The van der Waals surface area contributed by atoms with E-state index in [1.807, 2.05) is 19.1 Å². The molecule has 1 saturated heterocycles. The highest BCUT2D eigenvalue weighted by Crippen LogP contribution is 2.19. The normalized spacial score (nSPS) is 15.0. The number of hydrogen-bond acceptors (Lipinski definition) is 2. The zero-order chi connectivity index (χ0) is 19.4. The van der Waals surface area contributed by atoms with Gasteiger partial charge >= 0.3 is 6.03 Å². The maximum atomic E-state index is 12.5. The first-order chi connectivity index (χ1) is 12.9. The van der Waals surface area contributed by atoms with Gasteiger partial charge in [0.05, 0.1) is 6.04 Å². The summed E-state index contributed by atoms with van der Waals surface area (Å²) in [7, 11) is 0. The van der Waals surface area contributed by atoms with Crippen molar-refractivity contribution >= 4 is 17.6 Å². The van der Waals surface area contributed by atoms with E-state index in [0.717, 1.165) is 17.7 Å². The Bertz CT molecular complexity index is 797. The second kappa shape index (κ2) is 8.25. The first-order valence-corrected chi connectivity index (χ1v) is 9.49. The lowest BCUT2D eigenvalue weighted by Crippen LogP contribution is -2.28. The molecule has 1 heterocycles. The molecule has 3 amide bonds. The van der Waals surface area contributed by atoms with Gasteiger partial charge in [0.1, 0.15) is 0 Å². The molecule has 2 aromatic carbocycles. The number of urea groups is 1. The SMILES string of the molecule is CC(C)Cc1ccc(C(C)NC(=O)c2ccc(N3CCNC3=O)cc2)cc1. The van der Waals surface area contributed by atoms with Crippen molar-refractivity contribution in [3.8, 4) is 0 Å². The van der Waals surface area contributed by atoms with E-state index in [0.29, 0.717) is 24.6 Å². The molecule has 2 aromatic rings. The minimum Gasteiger partial charge on any atom is -0.346 e. The molecule has 1 fully saturated rings. The number of nitrogens with zero attached hydrogens (tertiary/aromatic N) is 1. The third kappa shape index (κ3) is 4.67. The quantitative estimate of drug-likeness (QED) is 0.815. The van der Waals surface area contributed by atoms with Gasteiger partial charge in [0, 0.05) is 24.3 Å². The maximum Gasteiger partial charge on any atom is 0.321 e. The van der Waals surface area contributed by atoms with Gasteiger partial charge in [0.15, 0.2) is 0 Å². The second-order valence-corrected chi connectivity index (χ2v) is 7.47. The standard InChI is InChI=1S/C22H27N3O2/c1-15(2)14-17-4-6-18(7-5-17)16(3)24-21(26)19-8-10-20(11-9-19)25-13-12-23-22(25)27/h4-11,15-16H,12-14H2,1-3H3,(H,23,27)(H,24,26). The van der Waals surface area contributed by atoms with E-state index in [4.69, 9.17) is 0 Å². The van der Waals surface area contributed by atoms with Gasteiger partial charge in [-0.2, -0.15) is 0 Å². The van der Waals surface area contributed by atoms with Gasteiger partial charge in [0.2, 0.25) is 0 Å². The zero-order valence-corrected chi connectivity index (χ0v) is 16.2. The highest BCUT2D eigenvalue weighted by Gasteiger charge is 2.21. The summed E-state index contributed by atoms with van der Waals surface area (Å²) >= 11 is 0. The summed E-state index contributed by atoms with van der Waals surface area (Å²) in [6.45, 7) is 7.69. The van der Waals surface area contributed by atoms with Crippen LogP contribution in [0.2, 0.25) is 0 Å². The van der Waals surface area contributed by atoms with Crippen molar-refractivity contribution in [2.45, 2.75) is 33.2 Å². The number of carbonyl (C=O) groups is 2. The number of benzene rings is 2. The fourth-order valence-electron chi connectivity index (χ4n) is 3.29. The highest BCUT2D eigenvalue weighted by atomic mass is 16.2. The second-order valence-electron chi connectivity index (χ2n) is 7.47. The molecule has 142 valence electrons. The van der Waals surface area contributed by atoms with Gasteiger partial charge in [-0.25, -0.2) is 4.79 Å². The van der Waals surface area contributed by atoms with Crippen molar-refractivity contribution in [2.75, 3.05) is 18.0 Å². The summed E-state index contributed by atoms with van der Waals surface area (Å²) in [6, 6.07) is 15.4. The first kappa shape index (κ1) is 19.0. The van der Waals surface area contributed by atoms with Crippen molar-refractivity contribution in [3.05, 3.63) is 65.2 Å². The molecule has 1 unspecified atom stereocenters. The molecule has 1 aliphatic rings. The van der Waals surface area contributed by atoms with Crippen LogP contribution in [0.1, 0.15) is 48.3 Å². The van der Waals surface area contributed by atoms with Gasteiger partial charge in [-0.1, -0.05) is 38.1 Å². The molecule has 27 heavy (non-hydrogen) atoms. The van der Waals surface area contributed by atoms with Gasteiger partial charge in [-0.05, 0) is 54.7 Å². The van der Waals surface area contributed by atoms with Crippen LogP contribution in [0.25, 0.3) is 0 Å². The minimum atomic E-state index is -0.119. The Balaban J connectivity index is 1.61. The van der Waals surface area contributed by atoms with E-state index in [1.54, 1.807) is 17.0 Å². The molecule has 0 radical (unpaired) electrons. The van der Waals surface area contributed by atoms with E-state index in [9.17, 15) is 9.59 Å². The minimum absolute atomic E-state index is 0.0744. The van der Waals surface area contributed by atoms with Crippen molar-refractivity contribution in [1.29, 1.82) is 0 Å². The lowest BCUT2D eigenvalue weighted by molar-refractivity contribution is 0.0940. The first-order valence-electron chi connectivity index (χ1n) is 9.49. The van der Waals surface area contributed by atoms with E-state index in [2.05, 4.69) is 48.7 Å². The summed E-state index contributed by atoms with van der Waals surface area (Å²) in [5, 5.41) is 5.81. The Hall–Kier alpha value is -2.82. The van der Waals surface area contributed by atoms with Crippen molar-refractivity contribution < 1.29 is 9.59 Å². The fourth-order valence-corrected chi connectivity index (χ4v) is 3.29. The van der Waals surface area contributed by atoms with Crippen molar-refractivity contribution in [1.82, 2.24) is 10.6 Å². The molecule has 3 rings (SSSR count). The molecule has 1 aliphatic heterocycles. The van der Waals surface area contributed by atoms with Gasteiger partial charge in [0.25, 0.3) is 5.91 Å². The molecule has 0 aromatic heterocycles. The molecule has 2 N–H and O–H groups in total. The van der Waals surface area contributed by atoms with E-state index < -0.39 is 0 Å². The number of rotatable bonds is 6. The van der Waals surface area contributed by atoms with Gasteiger partial charge < -0.3 is 10.6 Å². The summed E-state index contributed by atoms with van der Waals surface area (Å²) in [5.74, 6) is 0.508. The van der Waals surface area contributed by atoms with Crippen LogP contribution in [0, 0.1) is 5.92 Å². The molecular formula is C22H27N3O2. The lowest BCUT2D eigenvalue weighted by atomic mass is 10.00. The van der Waals surface area contributed by atoms with Crippen LogP contribution in [0.4, 0.5) is 10.5 Å². The average molecular weight is 365 g/mol. The molecule has 5 nitrogen and oxygen atoms in total. The van der Waals surface area contributed by atoms with Gasteiger partial charge in [-0.3, -0.25) is 9.69 Å². The predicted molar refractivity (Wildman–Crippen MR) is 108 cm³/mol. The Kier molecular flexibility index (Phi) is 5.79. The molecule has 0 bridgehead atoms. The lowest BCUT2D eigenvalue weighted by Gasteiger charge is -2.17. The number of amides is 3. The summed E-state index contributed by atoms with van der Waals surface area (Å²) < 4.78 is 0. The Morgan fingerprint density at radius 3 is 2.30 bits per heavy atom. The Labute approximate surface area is 160 Å². The third-order valence-electron chi connectivity index (χ3n) is 4.77. The zero-order valence-electron chi connectivity index (χ0n) is 16.2. The summed E-state index contributed by atoms with van der Waals surface area (Å²) in [6.07, 6.45) is 1.06. The molecule has 0 spiro atoms. The summed E-state index contributed by atoms with van der Waals surface area (Å²) in [4.78, 5) is 25.9. The van der Waals surface area contributed by atoms with Crippen LogP contribution in [0.15, 0.2) is 48.5 Å². The monoisotopic (exact) mass is 365 g/mol. The maximum absolute atomic E-state index is 12.5. The molecule has 0 saturated carbocycles. The molecule has 0 aliphatic carbocycles. The predicted octanol–water partition coefficient (Wildman–Crippen LogP) is 3.91.